The minimum atomic E-state index is 0.353. The van der Waals surface area contributed by atoms with Crippen LogP contribution in [0.5, 0.6) is 0 Å². The number of hydrogen-bond acceptors (Lipinski definition) is 4. The summed E-state index contributed by atoms with van der Waals surface area (Å²) in [6.07, 6.45) is 8.84. The largest absolute Gasteiger partial charge is 0.384 e. The number of hydrogen-bond donors (Lipinski definition) is 2. The average molecular weight is 249 g/mol. The van der Waals surface area contributed by atoms with Gasteiger partial charge in [-0.15, -0.1) is 0 Å². The van der Waals surface area contributed by atoms with Crippen molar-refractivity contribution >= 4 is 11.4 Å². The number of aromatic nitrogens is 1. The first-order chi connectivity index (χ1) is 8.88. The van der Waals surface area contributed by atoms with Crippen LogP contribution in [0.3, 0.4) is 0 Å². The van der Waals surface area contributed by atoms with Crippen LogP contribution in [0.1, 0.15) is 32.6 Å². The van der Waals surface area contributed by atoms with Crippen molar-refractivity contribution in [2.45, 2.75) is 38.7 Å². The molecule has 4 heteroatoms. The second-order valence-electron chi connectivity index (χ2n) is 4.76. The van der Waals surface area contributed by atoms with Crippen molar-refractivity contribution in [2.75, 3.05) is 30.3 Å². The van der Waals surface area contributed by atoms with Crippen LogP contribution in [0.25, 0.3) is 0 Å². The van der Waals surface area contributed by atoms with E-state index >= 15 is 0 Å². The Hall–Kier alpha value is -1.29. The molecule has 1 unspecified atom stereocenters. The SMILES string of the molecule is CCCNc1cncc(NCC2CCCCO2)c1. The van der Waals surface area contributed by atoms with Crippen LogP contribution >= 0.6 is 0 Å². The molecule has 18 heavy (non-hydrogen) atoms. The summed E-state index contributed by atoms with van der Waals surface area (Å²) >= 11 is 0. The molecule has 0 aromatic carbocycles. The van der Waals surface area contributed by atoms with Gasteiger partial charge in [-0.25, -0.2) is 0 Å². The van der Waals surface area contributed by atoms with Crippen molar-refractivity contribution in [3.8, 4) is 0 Å². The molecule has 1 saturated heterocycles. The maximum absolute atomic E-state index is 5.70. The lowest BCUT2D eigenvalue weighted by molar-refractivity contribution is 0.0247. The first-order valence-electron chi connectivity index (χ1n) is 6.93. The third-order valence-corrected chi connectivity index (χ3v) is 3.13. The summed E-state index contributed by atoms with van der Waals surface area (Å²) in [5.74, 6) is 0. The predicted octanol–water partition coefficient (Wildman–Crippen LogP) is 2.88. The molecule has 1 atom stereocenters. The zero-order valence-electron chi connectivity index (χ0n) is 11.1. The number of anilines is 2. The fourth-order valence-corrected chi connectivity index (χ4v) is 2.10. The van der Waals surface area contributed by atoms with E-state index in [0.29, 0.717) is 6.10 Å². The van der Waals surface area contributed by atoms with Gasteiger partial charge in [0.1, 0.15) is 0 Å². The Labute approximate surface area is 109 Å². The predicted molar refractivity (Wildman–Crippen MR) is 75.1 cm³/mol. The van der Waals surface area contributed by atoms with Gasteiger partial charge in [0.2, 0.25) is 0 Å². The monoisotopic (exact) mass is 249 g/mol. The van der Waals surface area contributed by atoms with Crippen LogP contribution in [0.4, 0.5) is 11.4 Å². The van der Waals surface area contributed by atoms with Gasteiger partial charge in [-0.2, -0.15) is 0 Å². The first kappa shape index (κ1) is 13.1. The first-order valence-corrected chi connectivity index (χ1v) is 6.93. The fourth-order valence-electron chi connectivity index (χ4n) is 2.10. The Bertz CT molecular complexity index is 351. The summed E-state index contributed by atoms with van der Waals surface area (Å²) in [7, 11) is 0. The van der Waals surface area contributed by atoms with Crippen molar-refractivity contribution in [2.24, 2.45) is 0 Å². The molecule has 0 saturated carbocycles. The summed E-state index contributed by atoms with van der Waals surface area (Å²) < 4.78 is 5.70. The minimum Gasteiger partial charge on any atom is -0.384 e. The summed E-state index contributed by atoms with van der Waals surface area (Å²) in [5, 5.41) is 6.74. The van der Waals surface area contributed by atoms with Crippen molar-refractivity contribution in [3.63, 3.8) is 0 Å². The van der Waals surface area contributed by atoms with Gasteiger partial charge in [-0.05, 0) is 31.7 Å². The van der Waals surface area contributed by atoms with Gasteiger partial charge in [0, 0.05) is 19.7 Å². The Balaban J connectivity index is 1.80. The smallest absolute Gasteiger partial charge is 0.0747 e. The number of rotatable bonds is 6. The maximum Gasteiger partial charge on any atom is 0.0747 e. The normalized spacial score (nSPS) is 19.5. The highest BCUT2D eigenvalue weighted by Crippen LogP contribution is 2.16. The second kappa shape index (κ2) is 7.21. The third kappa shape index (κ3) is 4.18. The zero-order chi connectivity index (χ0) is 12.6. The molecule has 1 aromatic heterocycles. The molecular weight excluding hydrogens is 226 g/mol. The van der Waals surface area contributed by atoms with Gasteiger partial charge >= 0.3 is 0 Å². The van der Waals surface area contributed by atoms with E-state index in [9.17, 15) is 0 Å². The Kier molecular flexibility index (Phi) is 5.27. The molecule has 4 nitrogen and oxygen atoms in total. The van der Waals surface area contributed by atoms with E-state index in [1.54, 1.807) is 0 Å². The summed E-state index contributed by atoms with van der Waals surface area (Å²) in [6.45, 7) is 4.92. The standard InChI is InChI=1S/C14H23N3O/c1-2-6-16-12-8-13(10-15-9-12)17-11-14-5-3-4-7-18-14/h8-10,14,16-17H,2-7,11H2,1H3. The molecule has 0 radical (unpaired) electrons. The van der Waals surface area contributed by atoms with E-state index in [-0.39, 0.29) is 0 Å². The highest BCUT2D eigenvalue weighted by molar-refractivity contribution is 5.53. The molecule has 0 spiro atoms. The fraction of sp³-hybridized carbons (Fsp3) is 0.643. The van der Waals surface area contributed by atoms with Crippen LogP contribution in [0.2, 0.25) is 0 Å². The van der Waals surface area contributed by atoms with E-state index in [2.05, 4.69) is 28.6 Å². The molecule has 1 aromatic rings. The van der Waals surface area contributed by atoms with E-state index in [1.165, 1.54) is 12.8 Å². The van der Waals surface area contributed by atoms with Gasteiger partial charge in [-0.3, -0.25) is 4.98 Å². The molecule has 2 heterocycles. The zero-order valence-corrected chi connectivity index (χ0v) is 11.1. The van der Waals surface area contributed by atoms with Gasteiger partial charge in [0.25, 0.3) is 0 Å². The molecule has 2 rings (SSSR count). The molecule has 1 fully saturated rings. The molecule has 0 bridgehead atoms. The molecule has 1 aliphatic heterocycles. The summed E-state index contributed by atoms with van der Waals surface area (Å²) in [5.41, 5.74) is 2.14. The Morgan fingerprint density at radius 3 is 2.83 bits per heavy atom. The number of ether oxygens (including phenoxy) is 1. The van der Waals surface area contributed by atoms with Gasteiger partial charge in [0.15, 0.2) is 0 Å². The van der Waals surface area contributed by atoms with E-state index in [1.807, 2.05) is 12.4 Å². The van der Waals surface area contributed by atoms with Crippen molar-refractivity contribution < 1.29 is 4.74 Å². The summed E-state index contributed by atoms with van der Waals surface area (Å²) in [6, 6.07) is 2.10. The van der Waals surface area contributed by atoms with Crippen molar-refractivity contribution in [1.29, 1.82) is 0 Å². The molecular formula is C14H23N3O. The number of pyridine rings is 1. The molecule has 100 valence electrons. The lowest BCUT2D eigenvalue weighted by Crippen LogP contribution is -2.27. The number of nitrogens with zero attached hydrogens (tertiary/aromatic N) is 1. The van der Waals surface area contributed by atoms with Crippen LogP contribution in [-0.4, -0.2) is 30.8 Å². The quantitative estimate of drug-likeness (QED) is 0.814. The minimum absolute atomic E-state index is 0.353. The van der Waals surface area contributed by atoms with Gasteiger partial charge in [-0.1, -0.05) is 6.92 Å². The Morgan fingerprint density at radius 1 is 1.28 bits per heavy atom. The maximum atomic E-state index is 5.70. The summed E-state index contributed by atoms with van der Waals surface area (Å²) in [4.78, 5) is 4.24. The average Bonchev–Trinajstić information content (AvgIpc) is 2.44. The molecule has 0 amide bonds. The van der Waals surface area contributed by atoms with Gasteiger partial charge < -0.3 is 15.4 Å². The van der Waals surface area contributed by atoms with E-state index in [4.69, 9.17) is 4.74 Å². The lowest BCUT2D eigenvalue weighted by Gasteiger charge is -2.23. The number of nitrogens with one attached hydrogen (secondary N) is 2. The van der Waals surface area contributed by atoms with Crippen molar-refractivity contribution in [1.82, 2.24) is 4.98 Å². The molecule has 0 aliphatic carbocycles. The highest BCUT2D eigenvalue weighted by atomic mass is 16.5. The highest BCUT2D eigenvalue weighted by Gasteiger charge is 2.13. The third-order valence-electron chi connectivity index (χ3n) is 3.13. The lowest BCUT2D eigenvalue weighted by atomic mass is 10.1. The second-order valence-corrected chi connectivity index (χ2v) is 4.76. The van der Waals surface area contributed by atoms with E-state index in [0.717, 1.165) is 43.9 Å². The molecule has 2 N–H and O–H groups in total. The molecule has 1 aliphatic rings. The van der Waals surface area contributed by atoms with Gasteiger partial charge in [0.05, 0.1) is 29.9 Å². The van der Waals surface area contributed by atoms with Crippen LogP contribution < -0.4 is 10.6 Å². The van der Waals surface area contributed by atoms with E-state index < -0.39 is 0 Å². The van der Waals surface area contributed by atoms with Crippen molar-refractivity contribution in [3.05, 3.63) is 18.5 Å². The topological polar surface area (TPSA) is 46.2 Å². The van der Waals surface area contributed by atoms with Crippen LogP contribution in [-0.2, 0) is 4.74 Å². The van der Waals surface area contributed by atoms with Crippen LogP contribution in [0, 0.1) is 0 Å². The Morgan fingerprint density at radius 2 is 2.11 bits per heavy atom. The van der Waals surface area contributed by atoms with Crippen LogP contribution in [0.15, 0.2) is 18.5 Å².